The van der Waals surface area contributed by atoms with Crippen molar-refractivity contribution in [3.63, 3.8) is 0 Å². The van der Waals surface area contributed by atoms with Crippen LogP contribution in [0.4, 0.5) is 5.95 Å². The highest BCUT2D eigenvalue weighted by atomic mass is 16.5. The molecule has 2 N–H and O–H groups in total. The van der Waals surface area contributed by atoms with Gasteiger partial charge in [-0.05, 0) is 12.1 Å². The van der Waals surface area contributed by atoms with Crippen LogP contribution in [0.25, 0.3) is 0 Å². The summed E-state index contributed by atoms with van der Waals surface area (Å²) in [6.45, 7) is 0. The second-order valence-corrected chi connectivity index (χ2v) is 3.83. The van der Waals surface area contributed by atoms with E-state index in [2.05, 4.69) is 10.1 Å². The Morgan fingerprint density at radius 3 is 2.25 bits per heavy atom. The van der Waals surface area contributed by atoms with E-state index >= 15 is 0 Å². The van der Waals surface area contributed by atoms with E-state index in [-0.39, 0.29) is 0 Å². The zero-order chi connectivity index (χ0) is 14.5. The van der Waals surface area contributed by atoms with Crippen molar-refractivity contribution in [2.75, 3.05) is 27.1 Å². The smallest absolute Gasteiger partial charge is 0.221 e. The molecule has 0 bridgehead atoms. The van der Waals surface area contributed by atoms with Crippen molar-refractivity contribution in [2.45, 2.75) is 0 Å². The molecule has 0 aliphatic rings. The average molecular weight is 276 g/mol. The van der Waals surface area contributed by atoms with E-state index in [9.17, 15) is 0 Å². The minimum atomic E-state index is 0.314. The Hall–Kier alpha value is -2.70. The fraction of sp³-hybridized carbons (Fsp3) is 0.231. The molecule has 0 aliphatic carbocycles. The quantitative estimate of drug-likeness (QED) is 0.834. The van der Waals surface area contributed by atoms with Gasteiger partial charge in [0.25, 0.3) is 0 Å². The molecule has 0 unspecified atom stereocenters. The molecule has 1 heterocycles. The second kappa shape index (κ2) is 5.96. The predicted molar refractivity (Wildman–Crippen MR) is 75.7 cm³/mol. The lowest BCUT2D eigenvalue weighted by Gasteiger charge is -2.12. The van der Waals surface area contributed by atoms with Crippen LogP contribution in [0.5, 0.6) is 17.2 Å². The monoisotopic (exact) mass is 276 g/mol. The van der Waals surface area contributed by atoms with Crippen LogP contribution in [0.3, 0.4) is 0 Å². The molecule has 20 heavy (non-hydrogen) atoms. The minimum absolute atomic E-state index is 0.314. The SMILES string of the molecule is COc1cc(/C=N/n2ccnc2N)cc(OC)c1OC. The lowest BCUT2D eigenvalue weighted by Crippen LogP contribution is -1.99. The Kier molecular flexibility index (Phi) is 4.09. The van der Waals surface area contributed by atoms with Gasteiger partial charge in [0.05, 0.1) is 33.7 Å². The third-order valence-electron chi connectivity index (χ3n) is 2.67. The molecular weight excluding hydrogens is 260 g/mol. The summed E-state index contributed by atoms with van der Waals surface area (Å²) < 4.78 is 17.3. The molecular formula is C13H16N4O3. The van der Waals surface area contributed by atoms with Gasteiger partial charge >= 0.3 is 0 Å². The van der Waals surface area contributed by atoms with Crippen molar-refractivity contribution in [1.29, 1.82) is 0 Å². The lowest BCUT2D eigenvalue weighted by atomic mass is 10.2. The number of nitrogens with two attached hydrogens (primary N) is 1. The molecule has 0 saturated heterocycles. The van der Waals surface area contributed by atoms with E-state index in [0.717, 1.165) is 5.56 Å². The Labute approximate surface area is 116 Å². The number of aromatic nitrogens is 2. The number of nitrogen functional groups attached to an aromatic ring is 1. The number of anilines is 1. The first-order chi connectivity index (χ1) is 9.69. The molecule has 7 heteroatoms. The zero-order valence-electron chi connectivity index (χ0n) is 11.5. The van der Waals surface area contributed by atoms with Gasteiger partial charge in [-0.3, -0.25) is 0 Å². The highest BCUT2D eigenvalue weighted by Crippen LogP contribution is 2.37. The summed E-state index contributed by atoms with van der Waals surface area (Å²) in [6, 6.07) is 3.58. The molecule has 0 fully saturated rings. The van der Waals surface area contributed by atoms with Gasteiger partial charge in [0.1, 0.15) is 0 Å². The van der Waals surface area contributed by atoms with Crippen LogP contribution in [0.15, 0.2) is 29.6 Å². The molecule has 1 aromatic heterocycles. The van der Waals surface area contributed by atoms with Crippen molar-refractivity contribution in [3.8, 4) is 17.2 Å². The van der Waals surface area contributed by atoms with Crippen LogP contribution >= 0.6 is 0 Å². The third-order valence-corrected chi connectivity index (χ3v) is 2.67. The number of imidazole rings is 1. The average Bonchev–Trinajstić information content (AvgIpc) is 2.89. The summed E-state index contributed by atoms with van der Waals surface area (Å²) in [7, 11) is 4.68. The van der Waals surface area contributed by atoms with E-state index in [4.69, 9.17) is 19.9 Å². The summed E-state index contributed by atoms with van der Waals surface area (Å²) in [4.78, 5) is 3.88. The van der Waals surface area contributed by atoms with E-state index in [1.807, 2.05) is 0 Å². The first-order valence-electron chi connectivity index (χ1n) is 5.82. The number of nitrogens with zero attached hydrogens (tertiary/aromatic N) is 3. The molecule has 0 atom stereocenters. The Morgan fingerprint density at radius 2 is 1.80 bits per heavy atom. The standard InChI is InChI=1S/C13H16N4O3/c1-18-10-6-9(7-11(19-2)12(10)20-3)8-16-17-5-4-15-13(17)14/h4-8H,1-3H3,(H2,14,15)/b16-8+. The summed E-state index contributed by atoms with van der Waals surface area (Å²) in [5.41, 5.74) is 6.42. The maximum absolute atomic E-state index is 5.63. The predicted octanol–water partition coefficient (Wildman–Crippen LogP) is 1.37. The number of hydrogen-bond acceptors (Lipinski definition) is 6. The van der Waals surface area contributed by atoms with Crippen molar-refractivity contribution in [2.24, 2.45) is 5.10 Å². The summed E-state index contributed by atoms with van der Waals surface area (Å²) >= 11 is 0. The van der Waals surface area contributed by atoms with Gasteiger partial charge in [-0.25, -0.2) is 9.66 Å². The number of rotatable bonds is 5. The fourth-order valence-electron chi connectivity index (χ4n) is 1.71. The maximum Gasteiger partial charge on any atom is 0.221 e. The van der Waals surface area contributed by atoms with Gasteiger partial charge in [-0.1, -0.05) is 0 Å². The maximum atomic E-state index is 5.63. The molecule has 0 spiro atoms. The van der Waals surface area contributed by atoms with E-state index < -0.39 is 0 Å². The number of hydrogen-bond donors (Lipinski definition) is 1. The van der Waals surface area contributed by atoms with Crippen LogP contribution in [-0.4, -0.2) is 37.2 Å². The van der Waals surface area contributed by atoms with Crippen LogP contribution in [0, 0.1) is 0 Å². The lowest BCUT2D eigenvalue weighted by molar-refractivity contribution is 0.324. The number of benzene rings is 1. The molecule has 0 radical (unpaired) electrons. The summed E-state index contributed by atoms with van der Waals surface area (Å²) in [5, 5.41) is 4.19. The number of methoxy groups -OCH3 is 3. The van der Waals surface area contributed by atoms with Crippen molar-refractivity contribution < 1.29 is 14.2 Å². The van der Waals surface area contributed by atoms with Crippen molar-refractivity contribution in [3.05, 3.63) is 30.1 Å². The first-order valence-corrected chi connectivity index (χ1v) is 5.82. The van der Waals surface area contributed by atoms with Crippen molar-refractivity contribution >= 4 is 12.2 Å². The zero-order valence-corrected chi connectivity index (χ0v) is 11.5. The van der Waals surface area contributed by atoms with Gasteiger partial charge in [-0.15, -0.1) is 0 Å². The second-order valence-electron chi connectivity index (χ2n) is 3.83. The molecule has 2 rings (SSSR count). The fourth-order valence-corrected chi connectivity index (χ4v) is 1.71. The largest absolute Gasteiger partial charge is 0.493 e. The van der Waals surface area contributed by atoms with Gasteiger partial charge in [0, 0.05) is 11.8 Å². The highest BCUT2D eigenvalue weighted by Gasteiger charge is 2.12. The van der Waals surface area contributed by atoms with Gasteiger partial charge in [0.2, 0.25) is 11.7 Å². The Balaban J connectivity index is 2.37. The summed E-state index contributed by atoms with van der Waals surface area (Å²) in [6.07, 6.45) is 4.86. The number of ether oxygens (including phenoxy) is 3. The molecule has 106 valence electrons. The van der Waals surface area contributed by atoms with Gasteiger partial charge in [-0.2, -0.15) is 5.10 Å². The molecule has 7 nitrogen and oxygen atoms in total. The van der Waals surface area contributed by atoms with Gasteiger partial charge < -0.3 is 19.9 Å². The third kappa shape index (κ3) is 2.66. The molecule has 2 aromatic rings. The Morgan fingerprint density at radius 1 is 1.15 bits per heavy atom. The Bertz CT molecular complexity index is 597. The van der Waals surface area contributed by atoms with E-state index in [1.54, 1.807) is 52.1 Å². The van der Waals surface area contributed by atoms with Crippen LogP contribution in [-0.2, 0) is 0 Å². The molecule has 1 aromatic carbocycles. The van der Waals surface area contributed by atoms with Crippen LogP contribution < -0.4 is 19.9 Å². The highest BCUT2D eigenvalue weighted by molar-refractivity contribution is 5.82. The first kappa shape index (κ1) is 13.7. The molecule has 0 aliphatic heterocycles. The van der Waals surface area contributed by atoms with Crippen LogP contribution in [0.1, 0.15) is 5.56 Å². The van der Waals surface area contributed by atoms with Gasteiger partial charge in [0.15, 0.2) is 11.5 Å². The van der Waals surface area contributed by atoms with E-state index in [0.29, 0.717) is 23.2 Å². The van der Waals surface area contributed by atoms with E-state index in [1.165, 1.54) is 4.68 Å². The topological polar surface area (TPSA) is 83.9 Å². The molecule has 0 saturated carbocycles. The minimum Gasteiger partial charge on any atom is -0.493 e. The summed E-state index contributed by atoms with van der Waals surface area (Å²) in [5.74, 6) is 1.97. The van der Waals surface area contributed by atoms with Crippen molar-refractivity contribution in [1.82, 2.24) is 9.66 Å². The molecule has 0 amide bonds. The van der Waals surface area contributed by atoms with Crippen LogP contribution in [0.2, 0.25) is 0 Å². The normalized spacial score (nSPS) is 10.8.